The van der Waals surface area contributed by atoms with Gasteiger partial charge in [0.2, 0.25) is 0 Å². The Labute approximate surface area is 87.6 Å². The summed E-state index contributed by atoms with van der Waals surface area (Å²) >= 11 is 0. The fraction of sp³-hybridized carbons (Fsp3) is 1.00. The maximum absolute atomic E-state index is 6.01. The third kappa shape index (κ3) is 3.95. The second-order valence-electron chi connectivity index (χ2n) is 4.42. The van der Waals surface area contributed by atoms with Crippen LogP contribution < -0.4 is 5.73 Å². The fourth-order valence-corrected chi connectivity index (χ4v) is 2.22. The van der Waals surface area contributed by atoms with Crippen LogP contribution in [-0.4, -0.2) is 44.3 Å². The molecule has 0 radical (unpaired) electrons. The van der Waals surface area contributed by atoms with E-state index in [2.05, 4.69) is 11.9 Å². The predicted molar refractivity (Wildman–Crippen MR) is 59.4 cm³/mol. The minimum absolute atomic E-state index is 0.264. The van der Waals surface area contributed by atoms with Crippen molar-refractivity contribution in [3.8, 4) is 0 Å². The van der Waals surface area contributed by atoms with Crippen LogP contribution in [0.4, 0.5) is 0 Å². The number of hydrogen-bond acceptors (Lipinski definition) is 3. The van der Waals surface area contributed by atoms with Gasteiger partial charge in [0.15, 0.2) is 0 Å². The smallest absolute Gasteiger partial charge is 0.0477 e. The molecule has 0 amide bonds. The number of nitrogens with two attached hydrogens (primary N) is 1. The van der Waals surface area contributed by atoms with Gasteiger partial charge < -0.3 is 15.4 Å². The van der Waals surface area contributed by atoms with Crippen molar-refractivity contribution in [1.82, 2.24) is 4.90 Å². The molecule has 0 bridgehead atoms. The molecule has 84 valence electrons. The highest BCUT2D eigenvalue weighted by atomic mass is 16.5. The second-order valence-corrected chi connectivity index (χ2v) is 4.42. The van der Waals surface area contributed by atoms with Gasteiger partial charge in [-0.2, -0.15) is 0 Å². The van der Waals surface area contributed by atoms with E-state index in [4.69, 9.17) is 10.5 Å². The van der Waals surface area contributed by atoms with Crippen LogP contribution in [0.2, 0.25) is 0 Å². The monoisotopic (exact) mass is 200 g/mol. The summed E-state index contributed by atoms with van der Waals surface area (Å²) in [6, 6.07) is 1.05. The number of rotatable bonds is 6. The maximum atomic E-state index is 6.01. The minimum atomic E-state index is 0.264. The van der Waals surface area contributed by atoms with Crippen LogP contribution in [0.1, 0.15) is 32.1 Å². The molecule has 1 saturated carbocycles. The molecule has 1 aliphatic rings. The van der Waals surface area contributed by atoms with E-state index in [0.717, 1.165) is 25.6 Å². The van der Waals surface area contributed by atoms with Gasteiger partial charge in [-0.3, -0.25) is 0 Å². The molecule has 1 atom stereocenters. The van der Waals surface area contributed by atoms with Gasteiger partial charge in [-0.1, -0.05) is 12.8 Å². The number of hydrogen-bond donors (Lipinski definition) is 1. The standard InChI is InChI=1S/C11H24N2O/c1-13(11-5-3-4-6-11)9-10(12)7-8-14-2/h10-11H,3-9,12H2,1-2H3. The molecule has 1 rings (SSSR count). The topological polar surface area (TPSA) is 38.5 Å². The first-order chi connectivity index (χ1) is 6.74. The molecule has 0 aromatic carbocycles. The van der Waals surface area contributed by atoms with Crippen LogP contribution >= 0.6 is 0 Å². The first-order valence-corrected chi connectivity index (χ1v) is 5.68. The maximum Gasteiger partial charge on any atom is 0.0477 e. The predicted octanol–water partition coefficient (Wildman–Crippen LogP) is 1.22. The highest BCUT2D eigenvalue weighted by Crippen LogP contribution is 2.22. The van der Waals surface area contributed by atoms with E-state index in [1.54, 1.807) is 7.11 Å². The molecule has 0 aliphatic heterocycles. The normalized spacial score (nSPS) is 20.6. The molecular weight excluding hydrogens is 176 g/mol. The molecule has 0 heterocycles. The lowest BCUT2D eigenvalue weighted by Crippen LogP contribution is -2.40. The third-order valence-corrected chi connectivity index (χ3v) is 3.16. The first-order valence-electron chi connectivity index (χ1n) is 5.68. The van der Waals surface area contributed by atoms with Crippen molar-refractivity contribution in [3.63, 3.8) is 0 Å². The third-order valence-electron chi connectivity index (χ3n) is 3.16. The van der Waals surface area contributed by atoms with Gasteiger partial charge >= 0.3 is 0 Å². The van der Waals surface area contributed by atoms with E-state index in [1.165, 1.54) is 25.7 Å². The van der Waals surface area contributed by atoms with E-state index in [0.29, 0.717) is 0 Å². The van der Waals surface area contributed by atoms with Crippen molar-refractivity contribution in [2.24, 2.45) is 5.73 Å². The molecule has 1 unspecified atom stereocenters. The average molecular weight is 200 g/mol. The van der Waals surface area contributed by atoms with Crippen molar-refractivity contribution >= 4 is 0 Å². The molecule has 1 fully saturated rings. The van der Waals surface area contributed by atoms with E-state index >= 15 is 0 Å². The highest BCUT2D eigenvalue weighted by molar-refractivity contribution is 4.77. The molecule has 14 heavy (non-hydrogen) atoms. The number of likely N-dealkylation sites (N-methyl/N-ethyl adjacent to an activating group) is 1. The summed E-state index contributed by atoms with van der Waals surface area (Å²) in [5, 5.41) is 0. The summed E-state index contributed by atoms with van der Waals surface area (Å²) in [7, 11) is 3.93. The Morgan fingerprint density at radius 2 is 2.07 bits per heavy atom. The fourth-order valence-electron chi connectivity index (χ4n) is 2.22. The number of methoxy groups -OCH3 is 1. The van der Waals surface area contributed by atoms with Crippen molar-refractivity contribution in [2.45, 2.75) is 44.2 Å². The van der Waals surface area contributed by atoms with E-state index in [-0.39, 0.29) is 6.04 Å². The van der Waals surface area contributed by atoms with Crippen LogP contribution in [0.25, 0.3) is 0 Å². The van der Waals surface area contributed by atoms with Gasteiger partial charge in [-0.25, -0.2) is 0 Å². The van der Waals surface area contributed by atoms with Crippen LogP contribution in [0.15, 0.2) is 0 Å². The van der Waals surface area contributed by atoms with Crippen molar-refractivity contribution in [2.75, 3.05) is 27.3 Å². The average Bonchev–Trinajstić information content (AvgIpc) is 2.67. The van der Waals surface area contributed by atoms with Gasteiger partial charge in [0.1, 0.15) is 0 Å². The molecule has 0 aromatic heterocycles. The van der Waals surface area contributed by atoms with Gasteiger partial charge in [0.25, 0.3) is 0 Å². The van der Waals surface area contributed by atoms with Gasteiger partial charge in [-0.15, -0.1) is 0 Å². The van der Waals surface area contributed by atoms with Crippen LogP contribution in [-0.2, 0) is 4.74 Å². The van der Waals surface area contributed by atoms with Gasteiger partial charge in [0.05, 0.1) is 0 Å². The summed E-state index contributed by atoms with van der Waals surface area (Å²) in [5.41, 5.74) is 6.01. The Kier molecular flexibility index (Phi) is 5.45. The second kappa shape index (κ2) is 6.38. The lowest BCUT2D eigenvalue weighted by atomic mass is 10.1. The quantitative estimate of drug-likeness (QED) is 0.701. The molecule has 2 N–H and O–H groups in total. The minimum Gasteiger partial charge on any atom is -0.385 e. The van der Waals surface area contributed by atoms with Crippen molar-refractivity contribution in [3.05, 3.63) is 0 Å². The zero-order chi connectivity index (χ0) is 10.4. The van der Waals surface area contributed by atoms with E-state index in [1.807, 2.05) is 0 Å². The summed E-state index contributed by atoms with van der Waals surface area (Å²) < 4.78 is 5.02. The van der Waals surface area contributed by atoms with E-state index in [9.17, 15) is 0 Å². The lowest BCUT2D eigenvalue weighted by molar-refractivity contribution is 0.170. The Bertz CT molecular complexity index is 146. The summed E-state index contributed by atoms with van der Waals surface area (Å²) in [4.78, 5) is 2.42. The van der Waals surface area contributed by atoms with Gasteiger partial charge in [-0.05, 0) is 26.3 Å². The number of ether oxygens (including phenoxy) is 1. The molecule has 3 heteroatoms. The van der Waals surface area contributed by atoms with Gasteiger partial charge in [0, 0.05) is 32.3 Å². The Hall–Kier alpha value is -0.120. The zero-order valence-electron chi connectivity index (χ0n) is 9.54. The van der Waals surface area contributed by atoms with E-state index < -0.39 is 0 Å². The van der Waals surface area contributed by atoms with Crippen molar-refractivity contribution < 1.29 is 4.74 Å². The molecule has 0 saturated heterocycles. The molecule has 0 aromatic rings. The SMILES string of the molecule is COCCC(N)CN(C)C1CCCC1. The highest BCUT2D eigenvalue weighted by Gasteiger charge is 2.20. The summed E-state index contributed by atoms with van der Waals surface area (Å²) in [6.45, 7) is 1.79. The largest absolute Gasteiger partial charge is 0.385 e. The molecular formula is C11H24N2O. The summed E-state index contributed by atoms with van der Waals surface area (Å²) in [5.74, 6) is 0. The molecule has 1 aliphatic carbocycles. The van der Waals surface area contributed by atoms with Crippen LogP contribution in [0.3, 0.4) is 0 Å². The van der Waals surface area contributed by atoms with Crippen molar-refractivity contribution in [1.29, 1.82) is 0 Å². The first kappa shape index (κ1) is 12.0. The molecule has 0 spiro atoms. The Morgan fingerprint density at radius 3 is 2.64 bits per heavy atom. The lowest BCUT2D eigenvalue weighted by Gasteiger charge is -2.26. The zero-order valence-corrected chi connectivity index (χ0v) is 9.54. The Morgan fingerprint density at radius 1 is 1.43 bits per heavy atom. The number of nitrogens with zero attached hydrogens (tertiary/aromatic N) is 1. The van der Waals surface area contributed by atoms with Crippen LogP contribution in [0.5, 0.6) is 0 Å². The Balaban J connectivity index is 2.14. The summed E-state index contributed by atoms with van der Waals surface area (Å²) in [6.07, 6.45) is 6.46. The van der Waals surface area contributed by atoms with Crippen LogP contribution in [0, 0.1) is 0 Å². The molecule has 3 nitrogen and oxygen atoms in total.